The van der Waals surface area contributed by atoms with Crippen LogP contribution in [0.1, 0.15) is 36.9 Å². The van der Waals surface area contributed by atoms with Gasteiger partial charge in [0.25, 0.3) is 0 Å². The summed E-state index contributed by atoms with van der Waals surface area (Å²) in [7, 11) is 0. The Hall–Kier alpha value is -2.94. The molecule has 9 heteroatoms. The van der Waals surface area contributed by atoms with Gasteiger partial charge in [0.15, 0.2) is 0 Å². The maximum atomic E-state index is 15.5. The number of rotatable bonds is 4. The molecule has 6 nitrogen and oxygen atoms in total. The maximum Gasteiger partial charge on any atom is 0.333 e. The molecule has 0 unspecified atom stereocenters. The van der Waals surface area contributed by atoms with Crippen LogP contribution in [-0.2, 0) is 5.92 Å². The lowest BCUT2D eigenvalue weighted by Gasteiger charge is -2.31. The summed E-state index contributed by atoms with van der Waals surface area (Å²) in [6.45, 7) is 7.15. The van der Waals surface area contributed by atoms with Gasteiger partial charge < -0.3 is 0 Å². The van der Waals surface area contributed by atoms with Crippen molar-refractivity contribution in [2.24, 2.45) is 10.2 Å². The number of aromatic nitrogens is 2. The van der Waals surface area contributed by atoms with Crippen LogP contribution in [0.2, 0.25) is 0 Å². The zero-order chi connectivity index (χ0) is 20.8. The number of nitrogens with zero attached hydrogens (tertiary/aromatic N) is 5. The highest BCUT2D eigenvalue weighted by Gasteiger charge is 2.50. The van der Waals surface area contributed by atoms with Crippen molar-refractivity contribution in [3.8, 4) is 0 Å². The van der Waals surface area contributed by atoms with E-state index in [4.69, 9.17) is 0 Å². The van der Waals surface area contributed by atoms with Gasteiger partial charge in [-0.3, -0.25) is 10.4 Å². The third kappa shape index (κ3) is 3.46. The van der Waals surface area contributed by atoms with Crippen LogP contribution in [0.5, 0.6) is 0 Å². The van der Waals surface area contributed by atoms with Crippen LogP contribution < -0.4 is 5.43 Å². The van der Waals surface area contributed by atoms with Gasteiger partial charge in [-0.15, -0.1) is 0 Å². The molecule has 1 aromatic carbocycles. The molecule has 1 aliphatic heterocycles. The van der Waals surface area contributed by atoms with E-state index >= 15 is 8.78 Å². The summed E-state index contributed by atoms with van der Waals surface area (Å²) in [4.78, 5) is 5.01. The van der Waals surface area contributed by atoms with Crippen molar-refractivity contribution in [3.05, 3.63) is 58.7 Å². The Morgan fingerprint density at radius 2 is 2.03 bits per heavy atom. The monoisotopic (exact) mass is 414 g/mol. The van der Waals surface area contributed by atoms with Crippen molar-refractivity contribution in [1.29, 1.82) is 0 Å². The van der Waals surface area contributed by atoms with E-state index in [1.807, 2.05) is 13.0 Å². The van der Waals surface area contributed by atoms with Crippen LogP contribution in [0, 0.1) is 6.92 Å². The van der Waals surface area contributed by atoms with Crippen LogP contribution in [0.15, 0.2) is 52.8 Å². The van der Waals surface area contributed by atoms with Crippen LogP contribution >= 0.6 is 11.5 Å². The summed E-state index contributed by atoms with van der Waals surface area (Å²) in [6, 6.07) is 9.77. The second-order valence-electron chi connectivity index (χ2n) is 7.42. The number of aryl methyl sites for hydroxylation is 1. The number of hydrogen-bond donors (Lipinski definition) is 1. The number of halogens is 2. The van der Waals surface area contributed by atoms with Crippen molar-refractivity contribution >= 4 is 34.0 Å². The van der Waals surface area contributed by atoms with E-state index in [1.54, 1.807) is 45.2 Å². The standard InChI is InChI=1S/C20H20F2N6S/c1-12-10-17(29-26-12)13(2)25-28-18(24-27-19(28,3)4)20(21,22)15-7-8-16-14(11-15)6-5-9-23-16/h5-11,27H,1-4H3/b25-13+. The topological polar surface area (TPSA) is 65.8 Å². The van der Waals surface area contributed by atoms with Crippen molar-refractivity contribution in [2.45, 2.75) is 39.3 Å². The first kappa shape index (κ1) is 19.4. The highest BCUT2D eigenvalue weighted by Crippen LogP contribution is 2.37. The zero-order valence-corrected chi connectivity index (χ0v) is 17.3. The van der Waals surface area contributed by atoms with E-state index in [0.29, 0.717) is 16.6 Å². The van der Waals surface area contributed by atoms with Gasteiger partial charge in [-0.2, -0.15) is 23.4 Å². The van der Waals surface area contributed by atoms with Crippen molar-refractivity contribution in [3.63, 3.8) is 0 Å². The zero-order valence-electron chi connectivity index (χ0n) is 16.4. The highest BCUT2D eigenvalue weighted by atomic mass is 32.1. The molecule has 0 bridgehead atoms. The Bertz CT molecular complexity index is 1130. The van der Waals surface area contributed by atoms with Crippen LogP contribution in [0.4, 0.5) is 8.78 Å². The van der Waals surface area contributed by atoms with E-state index < -0.39 is 17.4 Å². The number of amidine groups is 1. The molecule has 0 atom stereocenters. The molecule has 0 fully saturated rings. The molecule has 0 spiro atoms. The lowest BCUT2D eigenvalue weighted by Crippen LogP contribution is -2.49. The number of hydrogen-bond acceptors (Lipinski definition) is 7. The first-order valence-electron chi connectivity index (χ1n) is 9.06. The van der Waals surface area contributed by atoms with Crippen LogP contribution in [0.25, 0.3) is 10.9 Å². The second-order valence-corrected chi connectivity index (χ2v) is 8.23. The third-order valence-corrected chi connectivity index (χ3v) is 5.64. The number of benzene rings is 1. The average molecular weight is 414 g/mol. The summed E-state index contributed by atoms with van der Waals surface area (Å²) in [6.07, 6.45) is 1.63. The number of alkyl halides is 2. The molecule has 1 N–H and O–H groups in total. The number of pyridine rings is 1. The molecular weight excluding hydrogens is 394 g/mol. The predicted octanol–water partition coefficient (Wildman–Crippen LogP) is 4.47. The molecule has 0 radical (unpaired) electrons. The smallest absolute Gasteiger partial charge is 0.282 e. The molecule has 150 valence electrons. The van der Waals surface area contributed by atoms with Crippen molar-refractivity contribution in [1.82, 2.24) is 19.8 Å². The van der Waals surface area contributed by atoms with Crippen molar-refractivity contribution in [2.75, 3.05) is 0 Å². The van der Waals surface area contributed by atoms with E-state index in [9.17, 15) is 0 Å². The van der Waals surface area contributed by atoms with Gasteiger partial charge in [0.1, 0.15) is 5.66 Å². The van der Waals surface area contributed by atoms with E-state index in [0.717, 1.165) is 10.6 Å². The van der Waals surface area contributed by atoms with Crippen molar-refractivity contribution < 1.29 is 8.78 Å². The summed E-state index contributed by atoms with van der Waals surface area (Å²) < 4.78 is 35.3. The van der Waals surface area contributed by atoms with E-state index in [-0.39, 0.29) is 5.56 Å². The largest absolute Gasteiger partial charge is 0.333 e. The quantitative estimate of drug-likeness (QED) is 0.640. The minimum absolute atomic E-state index is 0.164. The summed E-state index contributed by atoms with van der Waals surface area (Å²) >= 11 is 1.29. The molecule has 0 aliphatic carbocycles. The van der Waals surface area contributed by atoms with E-state index in [2.05, 4.69) is 25.0 Å². The Kier molecular flexibility index (Phi) is 4.57. The first-order valence-corrected chi connectivity index (χ1v) is 9.83. The minimum atomic E-state index is -3.35. The van der Waals surface area contributed by atoms with Crippen LogP contribution in [0.3, 0.4) is 0 Å². The normalized spacial score (nSPS) is 16.8. The molecule has 0 saturated carbocycles. The number of fused-ring (bicyclic) bond motifs is 1. The fraction of sp³-hybridized carbons (Fsp3) is 0.300. The third-order valence-electron chi connectivity index (χ3n) is 4.65. The van der Waals surface area contributed by atoms with Gasteiger partial charge in [-0.25, -0.2) is 5.01 Å². The van der Waals surface area contributed by atoms with Gasteiger partial charge in [-0.1, -0.05) is 12.1 Å². The number of nitrogens with one attached hydrogen (secondary N) is 1. The highest BCUT2D eigenvalue weighted by molar-refractivity contribution is 7.08. The Morgan fingerprint density at radius 3 is 2.76 bits per heavy atom. The lowest BCUT2D eigenvalue weighted by molar-refractivity contribution is 0.0531. The summed E-state index contributed by atoms with van der Waals surface area (Å²) in [5.74, 6) is -3.80. The maximum absolute atomic E-state index is 15.5. The predicted molar refractivity (Wildman–Crippen MR) is 111 cm³/mol. The number of hydrazone groups is 2. The lowest BCUT2D eigenvalue weighted by atomic mass is 10.0. The molecule has 2 aromatic heterocycles. The molecule has 1 aliphatic rings. The Labute approximate surface area is 171 Å². The van der Waals surface area contributed by atoms with Gasteiger partial charge >= 0.3 is 5.92 Å². The van der Waals surface area contributed by atoms with Crippen LogP contribution in [-0.4, -0.2) is 31.6 Å². The molecule has 3 aromatic rings. The fourth-order valence-electron chi connectivity index (χ4n) is 3.06. The molecular formula is C20H20F2N6S. The Morgan fingerprint density at radius 1 is 1.24 bits per heavy atom. The molecule has 4 rings (SSSR count). The molecule has 0 amide bonds. The minimum Gasteiger partial charge on any atom is -0.282 e. The molecule has 0 saturated heterocycles. The van der Waals surface area contributed by atoms with E-state index in [1.165, 1.54) is 28.7 Å². The summed E-state index contributed by atoms with van der Waals surface area (Å²) in [5.41, 5.74) is 3.82. The molecule has 29 heavy (non-hydrogen) atoms. The SMILES string of the molecule is C/C(=N\N1C(C(F)(F)c2ccc3ncccc3c2)=NNC1(C)C)c1cc(C)ns1. The molecule has 3 heterocycles. The van der Waals surface area contributed by atoms with Gasteiger partial charge in [-0.05, 0) is 63.5 Å². The fourth-order valence-corrected chi connectivity index (χ4v) is 3.75. The van der Waals surface area contributed by atoms with Gasteiger partial charge in [0.05, 0.1) is 21.8 Å². The summed E-state index contributed by atoms with van der Waals surface area (Å²) in [5, 5.41) is 10.3. The van der Waals surface area contributed by atoms with Gasteiger partial charge in [0.2, 0.25) is 5.84 Å². The second kappa shape index (κ2) is 6.84. The average Bonchev–Trinajstić information content (AvgIpc) is 3.25. The van der Waals surface area contributed by atoms with Gasteiger partial charge in [0, 0.05) is 17.1 Å². The Balaban J connectivity index is 1.74. The first-order chi connectivity index (χ1) is 13.7.